The van der Waals surface area contributed by atoms with E-state index in [0.717, 1.165) is 3.57 Å². The van der Waals surface area contributed by atoms with Crippen LogP contribution < -0.4 is 0 Å². The molecule has 0 saturated heterocycles. The van der Waals surface area contributed by atoms with E-state index in [1.165, 1.54) is 10.7 Å². The highest BCUT2D eigenvalue weighted by Crippen LogP contribution is 2.18. The van der Waals surface area contributed by atoms with Crippen LogP contribution in [-0.2, 0) is 4.74 Å². The van der Waals surface area contributed by atoms with Gasteiger partial charge in [-0.2, -0.15) is 5.10 Å². The number of carbonyl (C=O) groups excluding carboxylic acids is 2. The number of halogens is 1. The number of rotatable bonds is 5. The largest absolute Gasteiger partial charge is 0.461 e. The highest BCUT2D eigenvalue weighted by molar-refractivity contribution is 14.1. The molecule has 0 radical (unpaired) electrons. The monoisotopic (exact) mass is 446 g/mol. The smallest absolute Gasteiger partial charge is 0.358 e. The van der Waals surface area contributed by atoms with Crippen LogP contribution in [0.3, 0.4) is 0 Å². The average molecular weight is 446 g/mol. The van der Waals surface area contributed by atoms with Crippen molar-refractivity contribution in [1.29, 1.82) is 0 Å². The highest BCUT2D eigenvalue weighted by atomic mass is 127. The second-order valence-corrected chi connectivity index (χ2v) is 6.46. The number of esters is 1. The number of aromatic nitrogens is 2. The number of hydrogen-bond donors (Lipinski definition) is 0. The molecule has 0 spiro atoms. The Kier molecular flexibility index (Phi) is 5.28. The lowest BCUT2D eigenvalue weighted by Gasteiger charge is -2.07. The Morgan fingerprint density at radius 1 is 1.08 bits per heavy atom. The second-order valence-electron chi connectivity index (χ2n) is 5.22. The number of benzene rings is 2. The maximum Gasteiger partial charge on any atom is 0.358 e. The topological polar surface area (TPSA) is 61.2 Å². The summed E-state index contributed by atoms with van der Waals surface area (Å²) in [5.41, 5.74) is 1.66. The maximum absolute atomic E-state index is 12.9. The first-order valence-electron chi connectivity index (χ1n) is 7.73. The fourth-order valence-corrected chi connectivity index (χ4v) is 2.72. The van der Waals surface area contributed by atoms with Crippen molar-refractivity contribution in [1.82, 2.24) is 9.78 Å². The van der Waals surface area contributed by atoms with E-state index in [-0.39, 0.29) is 18.1 Å². The Morgan fingerprint density at radius 3 is 2.40 bits per heavy atom. The Bertz CT molecular complexity index is 902. The highest BCUT2D eigenvalue weighted by Gasteiger charge is 2.21. The molecular weight excluding hydrogens is 431 g/mol. The molecule has 0 unspecified atom stereocenters. The zero-order chi connectivity index (χ0) is 17.8. The Labute approximate surface area is 158 Å². The molecule has 0 aliphatic carbocycles. The molecule has 126 valence electrons. The van der Waals surface area contributed by atoms with Gasteiger partial charge in [0.05, 0.1) is 12.3 Å². The summed E-state index contributed by atoms with van der Waals surface area (Å²) < 4.78 is 7.56. The van der Waals surface area contributed by atoms with Crippen LogP contribution in [0.5, 0.6) is 0 Å². The van der Waals surface area contributed by atoms with E-state index in [1.807, 2.05) is 30.3 Å². The first-order valence-corrected chi connectivity index (χ1v) is 8.81. The molecule has 3 rings (SSSR count). The summed E-state index contributed by atoms with van der Waals surface area (Å²) in [7, 11) is 0. The van der Waals surface area contributed by atoms with Gasteiger partial charge < -0.3 is 4.74 Å². The van der Waals surface area contributed by atoms with Crippen molar-refractivity contribution in [2.24, 2.45) is 0 Å². The van der Waals surface area contributed by atoms with Crippen molar-refractivity contribution < 1.29 is 14.3 Å². The third-order valence-electron chi connectivity index (χ3n) is 3.53. The second kappa shape index (κ2) is 7.60. The number of ketones is 1. The number of carbonyl (C=O) groups is 2. The minimum atomic E-state index is -0.547. The average Bonchev–Trinajstić information content (AvgIpc) is 3.08. The van der Waals surface area contributed by atoms with Gasteiger partial charge in [-0.1, -0.05) is 30.3 Å². The van der Waals surface area contributed by atoms with Crippen LogP contribution >= 0.6 is 22.6 Å². The first-order chi connectivity index (χ1) is 12.1. The summed E-state index contributed by atoms with van der Waals surface area (Å²) in [5, 5.41) is 4.29. The summed E-state index contributed by atoms with van der Waals surface area (Å²) in [4.78, 5) is 24.9. The lowest BCUT2D eigenvalue weighted by molar-refractivity contribution is 0.0519. The molecule has 0 amide bonds. The van der Waals surface area contributed by atoms with Crippen molar-refractivity contribution in [3.05, 3.63) is 81.2 Å². The zero-order valence-electron chi connectivity index (χ0n) is 13.5. The fourth-order valence-electron chi connectivity index (χ4n) is 2.36. The molecule has 0 atom stereocenters. The SMILES string of the molecule is CCOC(=O)c1cc(C(=O)c2ccccc2)n(-c2ccc(I)cc2)n1. The van der Waals surface area contributed by atoms with Crippen LogP contribution in [-0.4, -0.2) is 28.1 Å². The lowest BCUT2D eigenvalue weighted by Crippen LogP contribution is -2.10. The number of ether oxygens (including phenoxy) is 1. The number of hydrogen-bond acceptors (Lipinski definition) is 4. The van der Waals surface area contributed by atoms with Gasteiger partial charge in [-0.15, -0.1) is 0 Å². The quantitative estimate of drug-likeness (QED) is 0.339. The van der Waals surface area contributed by atoms with Crippen molar-refractivity contribution in [2.75, 3.05) is 6.61 Å². The standard InChI is InChI=1S/C19H15IN2O3/c1-2-25-19(24)16-12-17(18(23)13-6-4-3-5-7-13)22(21-16)15-10-8-14(20)9-11-15/h3-12H,2H2,1H3. The van der Waals surface area contributed by atoms with E-state index in [1.54, 1.807) is 31.2 Å². The summed E-state index contributed by atoms with van der Waals surface area (Å²) in [6.07, 6.45) is 0. The molecule has 1 heterocycles. The van der Waals surface area contributed by atoms with Crippen LogP contribution in [0.2, 0.25) is 0 Å². The Hall–Kier alpha value is -2.48. The molecular formula is C19H15IN2O3. The van der Waals surface area contributed by atoms with Gasteiger partial charge in [0.25, 0.3) is 0 Å². The molecule has 0 aliphatic rings. The van der Waals surface area contributed by atoms with E-state index in [2.05, 4.69) is 27.7 Å². The van der Waals surface area contributed by atoms with Crippen molar-refractivity contribution in [2.45, 2.75) is 6.92 Å². The van der Waals surface area contributed by atoms with Gasteiger partial charge in [0.2, 0.25) is 5.78 Å². The van der Waals surface area contributed by atoms with Gasteiger partial charge in [-0.25, -0.2) is 9.48 Å². The van der Waals surface area contributed by atoms with Crippen molar-refractivity contribution in [3.63, 3.8) is 0 Å². The van der Waals surface area contributed by atoms with Gasteiger partial charge in [-0.05, 0) is 53.8 Å². The minimum absolute atomic E-state index is 0.111. The van der Waals surface area contributed by atoms with Crippen LogP contribution in [0.4, 0.5) is 0 Å². The Morgan fingerprint density at radius 2 is 1.76 bits per heavy atom. The summed E-state index contributed by atoms with van der Waals surface area (Å²) in [6, 6.07) is 17.9. The predicted octanol–water partition coefficient (Wildman–Crippen LogP) is 3.88. The van der Waals surface area contributed by atoms with Crippen LogP contribution in [0.25, 0.3) is 5.69 Å². The minimum Gasteiger partial charge on any atom is -0.461 e. The fraction of sp³-hybridized carbons (Fsp3) is 0.105. The Balaban J connectivity index is 2.10. The molecule has 6 heteroatoms. The molecule has 25 heavy (non-hydrogen) atoms. The molecule has 5 nitrogen and oxygen atoms in total. The first kappa shape index (κ1) is 17.3. The summed E-state index contributed by atoms with van der Waals surface area (Å²) in [6.45, 7) is 1.97. The van der Waals surface area contributed by atoms with Gasteiger partial charge >= 0.3 is 5.97 Å². The molecule has 1 aromatic heterocycles. The van der Waals surface area contributed by atoms with Gasteiger partial charge in [0, 0.05) is 15.2 Å². The predicted molar refractivity (Wildman–Crippen MR) is 102 cm³/mol. The van der Waals surface area contributed by atoms with E-state index in [4.69, 9.17) is 4.74 Å². The van der Waals surface area contributed by atoms with E-state index < -0.39 is 5.97 Å². The zero-order valence-corrected chi connectivity index (χ0v) is 15.6. The summed E-state index contributed by atoms with van der Waals surface area (Å²) in [5.74, 6) is -0.754. The van der Waals surface area contributed by atoms with Crippen molar-refractivity contribution in [3.8, 4) is 5.69 Å². The van der Waals surface area contributed by atoms with Gasteiger partial charge in [0.1, 0.15) is 5.69 Å². The van der Waals surface area contributed by atoms with Gasteiger partial charge in [-0.3, -0.25) is 4.79 Å². The molecule has 0 aliphatic heterocycles. The molecule has 2 aromatic carbocycles. The molecule has 0 fully saturated rings. The van der Waals surface area contributed by atoms with E-state index in [9.17, 15) is 9.59 Å². The maximum atomic E-state index is 12.9. The van der Waals surface area contributed by atoms with Crippen molar-refractivity contribution >= 4 is 34.3 Å². The molecule has 0 bridgehead atoms. The van der Waals surface area contributed by atoms with Crippen LogP contribution in [0.15, 0.2) is 60.7 Å². The van der Waals surface area contributed by atoms with E-state index >= 15 is 0 Å². The third-order valence-corrected chi connectivity index (χ3v) is 4.25. The van der Waals surface area contributed by atoms with Crippen LogP contribution in [0, 0.1) is 3.57 Å². The normalized spacial score (nSPS) is 10.5. The van der Waals surface area contributed by atoms with Gasteiger partial charge in [0.15, 0.2) is 5.69 Å². The molecule has 0 saturated carbocycles. The molecule has 0 N–H and O–H groups in total. The number of nitrogens with zero attached hydrogens (tertiary/aromatic N) is 2. The molecule has 3 aromatic rings. The summed E-state index contributed by atoms with van der Waals surface area (Å²) >= 11 is 2.20. The third kappa shape index (κ3) is 3.79. The van der Waals surface area contributed by atoms with Crippen LogP contribution in [0.1, 0.15) is 33.5 Å². The van der Waals surface area contributed by atoms with E-state index in [0.29, 0.717) is 16.9 Å². The lowest BCUT2D eigenvalue weighted by atomic mass is 10.1.